The molecular weight excluding hydrogens is 188 g/mol. The highest BCUT2D eigenvalue weighted by Gasteiger charge is 2.20. The molecule has 0 bridgehead atoms. The number of aliphatic hydroxyl groups excluding tert-OH is 1. The minimum atomic E-state index is -0.153. The highest BCUT2D eigenvalue weighted by molar-refractivity contribution is 5.14. The van der Waals surface area contributed by atoms with Crippen molar-refractivity contribution in [3.63, 3.8) is 0 Å². The Hall–Kier alpha value is -0.860. The van der Waals surface area contributed by atoms with Gasteiger partial charge in [0.1, 0.15) is 0 Å². The molecule has 0 saturated carbocycles. The molecule has 0 radical (unpaired) electrons. The van der Waals surface area contributed by atoms with Gasteiger partial charge in [-0.15, -0.1) is 0 Å². The molecule has 1 aliphatic heterocycles. The van der Waals surface area contributed by atoms with Gasteiger partial charge < -0.3 is 9.84 Å². The summed E-state index contributed by atoms with van der Waals surface area (Å²) < 4.78 is 5.61. The molecule has 0 aliphatic carbocycles. The van der Waals surface area contributed by atoms with Crippen molar-refractivity contribution in [3.8, 4) is 0 Å². The standard InChI is InChI=1S/C13H18O2/c14-12-8-9-15-13(10-12)7-6-11-4-2-1-3-5-11/h1-5,12-14H,6-10H2/t12-,13-/m0/s1. The molecule has 1 fully saturated rings. The summed E-state index contributed by atoms with van der Waals surface area (Å²) in [5.74, 6) is 0. The SMILES string of the molecule is O[C@H]1CCO[C@@H](CCc2ccccc2)C1. The first kappa shape index (κ1) is 10.7. The van der Waals surface area contributed by atoms with Gasteiger partial charge in [-0.05, 0) is 31.2 Å². The molecule has 2 rings (SSSR count). The van der Waals surface area contributed by atoms with E-state index < -0.39 is 0 Å². The summed E-state index contributed by atoms with van der Waals surface area (Å²) in [6, 6.07) is 10.4. The first-order chi connectivity index (χ1) is 7.34. The van der Waals surface area contributed by atoms with Crippen LogP contribution in [0.2, 0.25) is 0 Å². The van der Waals surface area contributed by atoms with E-state index in [1.54, 1.807) is 0 Å². The van der Waals surface area contributed by atoms with Crippen LogP contribution in [0.25, 0.3) is 0 Å². The Morgan fingerprint density at radius 2 is 2.07 bits per heavy atom. The molecule has 0 amide bonds. The van der Waals surface area contributed by atoms with Crippen LogP contribution in [-0.4, -0.2) is 23.9 Å². The Morgan fingerprint density at radius 1 is 1.27 bits per heavy atom. The largest absolute Gasteiger partial charge is 0.393 e. The van der Waals surface area contributed by atoms with Gasteiger partial charge in [0.15, 0.2) is 0 Å². The summed E-state index contributed by atoms with van der Waals surface area (Å²) in [6.07, 6.45) is 3.74. The first-order valence-corrected chi connectivity index (χ1v) is 5.68. The van der Waals surface area contributed by atoms with Gasteiger partial charge in [0, 0.05) is 6.61 Å². The Bertz CT molecular complexity index is 284. The second-order valence-corrected chi connectivity index (χ2v) is 4.20. The summed E-state index contributed by atoms with van der Waals surface area (Å²) >= 11 is 0. The lowest BCUT2D eigenvalue weighted by Gasteiger charge is -2.26. The van der Waals surface area contributed by atoms with Gasteiger partial charge >= 0.3 is 0 Å². The van der Waals surface area contributed by atoms with Crippen LogP contribution in [0.3, 0.4) is 0 Å². The van der Waals surface area contributed by atoms with Crippen molar-refractivity contribution >= 4 is 0 Å². The highest BCUT2D eigenvalue weighted by atomic mass is 16.5. The van der Waals surface area contributed by atoms with Crippen molar-refractivity contribution in [1.29, 1.82) is 0 Å². The zero-order valence-electron chi connectivity index (χ0n) is 8.93. The molecule has 1 saturated heterocycles. The smallest absolute Gasteiger partial charge is 0.0603 e. The topological polar surface area (TPSA) is 29.5 Å². The molecule has 2 nitrogen and oxygen atoms in total. The third kappa shape index (κ3) is 3.33. The van der Waals surface area contributed by atoms with E-state index >= 15 is 0 Å². The van der Waals surface area contributed by atoms with Crippen molar-refractivity contribution < 1.29 is 9.84 Å². The lowest BCUT2D eigenvalue weighted by Crippen LogP contribution is -2.29. The second-order valence-electron chi connectivity index (χ2n) is 4.20. The van der Waals surface area contributed by atoms with Gasteiger partial charge in [-0.3, -0.25) is 0 Å². The summed E-state index contributed by atoms with van der Waals surface area (Å²) in [4.78, 5) is 0. The molecule has 15 heavy (non-hydrogen) atoms. The summed E-state index contributed by atoms with van der Waals surface area (Å²) in [5, 5.41) is 9.50. The Balaban J connectivity index is 1.78. The van der Waals surface area contributed by atoms with E-state index in [-0.39, 0.29) is 12.2 Å². The van der Waals surface area contributed by atoms with Crippen LogP contribution in [0.1, 0.15) is 24.8 Å². The lowest BCUT2D eigenvalue weighted by atomic mass is 10.00. The lowest BCUT2D eigenvalue weighted by molar-refractivity contribution is -0.0459. The second kappa shape index (κ2) is 5.29. The Morgan fingerprint density at radius 3 is 2.80 bits per heavy atom. The van der Waals surface area contributed by atoms with Crippen molar-refractivity contribution in [3.05, 3.63) is 35.9 Å². The summed E-state index contributed by atoms with van der Waals surface area (Å²) in [7, 11) is 0. The molecule has 2 atom stereocenters. The molecule has 0 spiro atoms. The van der Waals surface area contributed by atoms with Crippen LogP contribution < -0.4 is 0 Å². The maximum absolute atomic E-state index is 9.50. The molecule has 0 aromatic heterocycles. The fourth-order valence-corrected chi connectivity index (χ4v) is 2.03. The number of ether oxygens (including phenoxy) is 1. The molecule has 1 aromatic carbocycles. The third-order valence-electron chi connectivity index (χ3n) is 2.94. The average Bonchev–Trinajstić information content (AvgIpc) is 2.28. The van der Waals surface area contributed by atoms with E-state index in [0.29, 0.717) is 6.61 Å². The summed E-state index contributed by atoms with van der Waals surface area (Å²) in [6.45, 7) is 0.709. The van der Waals surface area contributed by atoms with Crippen LogP contribution in [0.4, 0.5) is 0 Å². The van der Waals surface area contributed by atoms with Crippen LogP contribution in [0.15, 0.2) is 30.3 Å². The van der Waals surface area contributed by atoms with E-state index in [0.717, 1.165) is 25.7 Å². The van der Waals surface area contributed by atoms with E-state index in [4.69, 9.17) is 4.74 Å². The maximum atomic E-state index is 9.50. The average molecular weight is 206 g/mol. The number of aliphatic hydroxyl groups is 1. The molecule has 82 valence electrons. The molecule has 1 N–H and O–H groups in total. The monoisotopic (exact) mass is 206 g/mol. The fraction of sp³-hybridized carbons (Fsp3) is 0.538. The fourth-order valence-electron chi connectivity index (χ4n) is 2.03. The van der Waals surface area contributed by atoms with Crippen LogP contribution in [0, 0.1) is 0 Å². The minimum absolute atomic E-state index is 0.153. The third-order valence-corrected chi connectivity index (χ3v) is 2.94. The number of rotatable bonds is 3. The van der Waals surface area contributed by atoms with Crippen molar-refractivity contribution in [1.82, 2.24) is 0 Å². The molecule has 1 heterocycles. The highest BCUT2D eigenvalue weighted by Crippen LogP contribution is 2.18. The molecule has 1 aromatic rings. The van der Waals surface area contributed by atoms with E-state index in [1.807, 2.05) is 6.07 Å². The van der Waals surface area contributed by atoms with Gasteiger partial charge in [-0.1, -0.05) is 30.3 Å². The van der Waals surface area contributed by atoms with Gasteiger partial charge in [0.05, 0.1) is 12.2 Å². The van der Waals surface area contributed by atoms with Gasteiger partial charge in [0.25, 0.3) is 0 Å². The van der Waals surface area contributed by atoms with Crippen LogP contribution in [-0.2, 0) is 11.2 Å². The number of benzene rings is 1. The Labute approximate surface area is 90.9 Å². The van der Waals surface area contributed by atoms with E-state index in [9.17, 15) is 5.11 Å². The molecule has 2 heteroatoms. The zero-order valence-corrected chi connectivity index (χ0v) is 8.93. The van der Waals surface area contributed by atoms with Crippen molar-refractivity contribution in [2.24, 2.45) is 0 Å². The van der Waals surface area contributed by atoms with E-state index in [2.05, 4.69) is 24.3 Å². The molecule has 1 aliphatic rings. The quantitative estimate of drug-likeness (QED) is 0.821. The van der Waals surface area contributed by atoms with Gasteiger partial charge in [-0.25, -0.2) is 0 Å². The summed E-state index contributed by atoms with van der Waals surface area (Å²) in [5.41, 5.74) is 1.35. The molecular formula is C13H18O2. The number of aryl methyl sites for hydroxylation is 1. The van der Waals surface area contributed by atoms with Crippen LogP contribution >= 0.6 is 0 Å². The number of hydrogen-bond acceptors (Lipinski definition) is 2. The zero-order chi connectivity index (χ0) is 10.5. The van der Waals surface area contributed by atoms with Crippen molar-refractivity contribution in [2.75, 3.05) is 6.61 Å². The predicted molar refractivity (Wildman–Crippen MR) is 59.7 cm³/mol. The van der Waals surface area contributed by atoms with Crippen molar-refractivity contribution in [2.45, 2.75) is 37.9 Å². The van der Waals surface area contributed by atoms with E-state index in [1.165, 1.54) is 5.56 Å². The minimum Gasteiger partial charge on any atom is -0.393 e. The molecule has 0 unspecified atom stereocenters. The van der Waals surface area contributed by atoms with Gasteiger partial charge in [0.2, 0.25) is 0 Å². The van der Waals surface area contributed by atoms with Crippen LogP contribution in [0.5, 0.6) is 0 Å². The maximum Gasteiger partial charge on any atom is 0.0603 e. The predicted octanol–water partition coefficient (Wildman–Crippen LogP) is 2.16. The Kier molecular flexibility index (Phi) is 3.75. The number of hydrogen-bond donors (Lipinski definition) is 1. The van der Waals surface area contributed by atoms with Gasteiger partial charge in [-0.2, -0.15) is 0 Å². The first-order valence-electron chi connectivity index (χ1n) is 5.68. The normalized spacial score (nSPS) is 26.5.